The summed E-state index contributed by atoms with van der Waals surface area (Å²) in [5.41, 5.74) is 1.24. The van der Waals surface area contributed by atoms with Gasteiger partial charge in [-0.25, -0.2) is 4.79 Å². The first-order valence-electron chi connectivity index (χ1n) is 9.09. The van der Waals surface area contributed by atoms with Gasteiger partial charge in [0.25, 0.3) is 0 Å². The summed E-state index contributed by atoms with van der Waals surface area (Å²) in [6.07, 6.45) is 2.99. The van der Waals surface area contributed by atoms with Gasteiger partial charge in [0.15, 0.2) is 0 Å². The molecule has 2 atom stereocenters. The molecule has 0 N–H and O–H groups in total. The van der Waals surface area contributed by atoms with Gasteiger partial charge in [-0.15, -0.1) is 0 Å². The van der Waals surface area contributed by atoms with Crippen LogP contribution in [0, 0.1) is 0 Å². The van der Waals surface area contributed by atoms with Crippen LogP contribution >= 0.6 is 0 Å². The number of benzene rings is 1. The van der Waals surface area contributed by atoms with Crippen LogP contribution in [0.25, 0.3) is 0 Å². The molecule has 1 aliphatic rings. The predicted octanol–water partition coefficient (Wildman–Crippen LogP) is 5.12. The molecule has 0 aliphatic carbocycles. The molecule has 1 aromatic carbocycles. The Morgan fingerprint density at radius 1 is 1.17 bits per heavy atom. The molecule has 0 bridgehead atoms. The van der Waals surface area contributed by atoms with Crippen molar-refractivity contribution in [3.05, 3.63) is 47.7 Å². The SMILES string of the molecule is CC[Si](CC)(CC)CC1CC(c2ccccc2)C=C(C(=O)OC)O1. The second-order valence-electron chi connectivity index (χ2n) is 6.78. The van der Waals surface area contributed by atoms with Gasteiger partial charge in [0, 0.05) is 5.92 Å². The molecule has 0 aromatic heterocycles. The van der Waals surface area contributed by atoms with Gasteiger partial charge in [-0.1, -0.05) is 69.2 Å². The van der Waals surface area contributed by atoms with E-state index < -0.39 is 8.07 Å². The summed E-state index contributed by atoms with van der Waals surface area (Å²) < 4.78 is 11.0. The quantitative estimate of drug-likeness (QED) is 0.507. The fourth-order valence-electron chi connectivity index (χ4n) is 3.74. The lowest BCUT2D eigenvalue weighted by atomic mass is 9.91. The number of allylic oxidation sites excluding steroid dienone is 1. The Bertz CT molecular complexity index is 555. The van der Waals surface area contributed by atoms with Crippen molar-refractivity contribution < 1.29 is 14.3 Å². The average molecular weight is 347 g/mol. The van der Waals surface area contributed by atoms with Crippen LogP contribution in [0.1, 0.15) is 38.7 Å². The third-order valence-electron chi connectivity index (χ3n) is 5.69. The van der Waals surface area contributed by atoms with Gasteiger partial charge in [-0.2, -0.15) is 0 Å². The summed E-state index contributed by atoms with van der Waals surface area (Å²) in [4.78, 5) is 12.1. The molecular formula is C20H30O3Si. The standard InChI is InChI=1S/C20H30O3Si/c1-5-24(6-2,7-3)15-18-13-17(16-11-9-8-10-12-16)14-19(23-18)20(21)22-4/h8-12,14,17-18H,5-7,13,15H2,1-4H3. The zero-order valence-electron chi connectivity index (χ0n) is 15.4. The minimum Gasteiger partial charge on any atom is -0.484 e. The maximum absolute atomic E-state index is 12.1. The summed E-state index contributed by atoms with van der Waals surface area (Å²) in [6.45, 7) is 6.94. The molecule has 2 unspecified atom stereocenters. The highest BCUT2D eigenvalue weighted by Crippen LogP contribution is 2.37. The van der Waals surface area contributed by atoms with E-state index in [2.05, 4.69) is 45.0 Å². The van der Waals surface area contributed by atoms with E-state index >= 15 is 0 Å². The lowest BCUT2D eigenvalue weighted by molar-refractivity contribution is -0.141. The van der Waals surface area contributed by atoms with Crippen molar-refractivity contribution in [2.24, 2.45) is 0 Å². The van der Waals surface area contributed by atoms with Crippen molar-refractivity contribution in [3.63, 3.8) is 0 Å². The topological polar surface area (TPSA) is 35.5 Å². The number of hydrogen-bond donors (Lipinski definition) is 0. The third-order valence-corrected chi connectivity index (χ3v) is 11.5. The molecule has 1 heterocycles. The molecule has 1 aromatic rings. The molecule has 0 fully saturated rings. The van der Waals surface area contributed by atoms with Crippen LogP contribution < -0.4 is 0 Å². The van der Waals surface area contributed by atoms with Crippen molar-refractivity contribution in [2.45, 2.75) is 63.4 Å². The minimum absolute atomic E-state index is 0.112. The number of carbonyl (C=O) groups is 1. The first kappa shape index (κ1) is 18.8. The summed E-state index contributed by atoms with van der Waals surface area (Å²) in [5, 5.41) is 0. The number of hydrogen-bond acceptors (Lipinski definition) is 3. The molecule has 0 radical (unpaired) electrons. The Kier molecular flexibility index (Phi) is 6.66. The Balaban J connectivity index is 2.26. The van der Waals surface area contributed by atoms with Gasteiger partial charge in [-0.05, 0) is 24.1 Å². The van der Waals surface area contributed by atoms with Crippen LogP contribution in [0.15, 0.2) is 42.2 Å². The third kappa shape index (κ3) is 4.29. The minimum atomic E-state index is -1.31. The fraction of sp³-hybridized carbons (Fsp3) is 0.550. The van der Waals surface area contributed by atoms with Crippen molar-refractivity contribution in [2.75, 3.05) is 7.11 Å². The molecule has 3 nitrogen and oxygen atoms in total. The number of methoxy groups -OCH3 is 1. The number of esters is 1. The van der Waals surface area contributed by atoms with Gasteiger partial charge in [0.1, 0.15) is 0 Å². The van der Waals surface area contributed by atoms with Crippen molar-refractivity contribution >= 4 is 14.0 Å². The first-order valence-corrected chi connectivity index (χ1v) is 11.9. The molecule has 0 saturated carbocycles. The van der Waals surface area contributed by atoms with Gasteiger partial charge in [-0.3, -0.25) is 0 Å². The van der Waals surface area contributed by atoms with E-state index in [4.69, 9.17) is 9.47 Å². The van der Waals surface area contributed by atoms with Gasteiger partial charge in [0.05, 0.1) is 21.3 Å². The predicted molar refractivity (Wildman–Crippen MR) is 101 cm³/mol. The molecule has 0 saturated heterocycles. The van der Waals surface area contributed by atoms with Crippen LogP contribution in [-0.4, -0.2) is 27.3 Å². The number of carbonyl (C=O) groups excluding carboxylic acids is 1. The maximum atomic E-state index is 12.1. The van der Waals surface area contributed by atoms with Crippen LogP contribution in [0.3, 0.4) is 0 Å². The van der Waals surface area contributed by atoms with E-state index in [9.17, 15) is 4.79 Å². The molecule has 1 aliphatic heterocycles. The van der Waals surface area contributed by atoms with E-state index in [1.165, 1.54) is 30.8 Å². The smallest absolute Gasteiger partial charge is 0.373 e. The maximum Gasteiger partial charge on any atom is 0.373 e. The van der Waals surface area contributed by atoms with Crippen molar-refractivity contribution in [3.8, 4) is 0 Å². The second-order valence-corrected chi connectivity index (χ2v) is 12.3. The Hall–Kier alpha value is -1.55. The summed E-state index contributed by atoms with van der Waals surface area (Å²) >= 11 is 0. The highest BCUT2D eigenvalue weighted by molar-refractivity contribution is 6.79. The Morgan fingerprint density at radius 2 is 1.79 bits per heavy atom. The summed E-state index contributed by atoms with van der Waals surface area (Å²) in [7, 11) is 0.0993. The molecule has 0 spiro atoms. The molecular weight excluding hydrogens is 316 g/mol. The van der Waals surface area contributed by atoms with Crippen LogP contribution in [0.4, 0.5) is 0 Å². The van der Waals surface area contributed by atoms with E-state index in [-0.39, 0.29) is 18.0 Å². The fourth-order valence-corrected chi connectivity index (χ4v) is 7.32. The highest BCUT2D eigenvalue weighted by Gasteiger charge is 2.35. The summed E-state index contributed by atoms with van der Waals surface area (Å²) in [6, 6.07) is 15.3. The Labute approximate surface area is 147 Å². The second kappa shape index (κ2) is 8.52. The first-order chi connectivity index (χ1) is 11.6. The molecule has 24 heavy (non-hydrogen) atoms. The van der Waals surface area contributed by atoms with E-state index in [0.717, 1.165) is 12.5 Å². The lowest BCUT2D eigenvalue weighted by Crippen LogP contribution is -2.38. The van der Waals surface area contributed by atoms with E-state index in [1.54, 1.807) is 0 Å². The van der Waals surface area contributed by atoms with Gasteiger partial charge in [0.2, 0.25) is 5.76 Å². The number of ether oxygens (including phenoxy) is 2. The van der Waals surface area contributed by atoms with Gasteiger partial charge < -0.3 is 9.47 Å². The van der Waals surface area contributed by atoms with Crippen molar-refractivity contribution in [1.29, 1.82) is 0 Å². The Morgan fingerprint density at radius 3 is 2.33 bits per heavy atom. The molecule has 0 amide bonds. The van der Waals surface area contributed by atoms with Gasteiger partial charge >= 0.3 is 5.97 Å². The number of rotatable bonds is 7. The normalized spacial score (nSPS) is 20.9. The van der Waals surface area contributed by atoms with Crippen molar-refractivity contribution in [1.82, 2.24) is 0 Å². The van der Waals surface area contributed by atoms with Crippen LogP contribution in [0.2, 0.25) is 24.2 Å². The zero-order chi connectivity index (χ0) is 17.6. The molecule has 2 rings (SSSR count). The monoisotopic (exact) mass is 346 g/mol. The van der Waals surface area contributed by atoms with E-state index in [1.807, 2.05) is 12.1 Å². The van der Waals surface area contributed by atoms with Crippen LogP contribution in [0.5, 0.6) is 0 Å². The van der Waals surface area contributed by atoms with Crippen LogP contribution in [-0.2, 0) is 14.3 Å². The largest absolute Gasteiger partial charge is 0.484 e. The van der Waals surface area contributed by atoms with E-state index in [0.29, 0.717) is 5.76 Å². The highest BCUT2D eigenvalue weighted by atomic mass is 28.3. The summed E-state index contributed by atoms with van der Waals surface area (Å²) in [5.74, 6) is 0.238. The average Bonchev–Trinajstić information content (AvgIpc) is 2.66. The lowest BCUT2D eigenvalue weighted by Gasteiger charge is -2.36. The molecule has 132 valence electrons. The zero-order valence-corrected chi connectivity index (χ0v) is 16.4. The molecule has 4 heteroatoms.